The maximum Gasteiger partial charge on any atom is 0.168 e. The van der Waals surface area contributed by atoms with E-state index < -0.39 is 0 Å². The fourth-order valence-electron chi connectivity index (χ4n) is 2.96. The molecule has 4 nitrogen and oxygen atoms in total. The fraction of sp³-hybridized carbons (Fsp3) is 0.312. The molecule has 0 bridgehead atoms. The molecule has 0 radical (unpaired) electrons. The van der Waals surface area contributed by atoms with E-state index >= 15 is 0 Å². The lowest BCUT2D eigenvalue weighted by molar-refractivity contribution is 0.301. The van der Waals surface area contributed by atoms with E-state index in [4.69, 9.17) is 4.74 Å². The van der Waals surface area contributed by atoms with Gasteiger partial charge >= 0.3 is 0 Å². The van der Waals surface area contributed by atoms with Crippen molar-refractivity contribution in [2.45, 2.75) is 6.42 Å². The first-order valence-electron chi connectivity index (χ1n) is 7.21. The smallest absolute Gasteiger partial charge is 0.168 e. The van der Waals surface area contributed by atoms with Crippen LogP contribution in [0.25, 0.3) is 15.8 Å². The first kappa shape index (κ1) is 14.1. The van der Waals surface area contributed by atoms with Crippen molar-refractivity contribution >= 4 is 44.0 Å². The summed E-state index contributed by atoms with van der Waals surface area (Å²) < 4.78 is 6.70. The topological polar surface area (TPSA) is 45.1 Å². The van der Waals surface area contributed by atoms with E-state index in [0.29, 0.717) is 6.42 Å². The lowest BCUT2D eigenvalue weighted by atomic mass is 10.0. The molecule has 0 unspecified atom stereocenters. The van der Waals surface area contributed by atoms with E-state index in [0.717, 1.165) is 24.0 Å². The molecule has 6 heteroatoms. The van der Waals surface area contributed by atoms with Crippen molar-refractivity contribution in [1.82, 2.24) is 4.90 Å². The molecule has 0 fully saturated rings. The quantitative estimate of drug-likeness (QED) is 0.932. The third-order valence-electron chi connectivity index (χ3n) is 3.93. The highest BCUT2D eigenvalue weighted by Crippen LogP contribution is 2.46. The first-order chi connectivity index (χ1) is 10.8. The highest BCUT2D eigenvalue weighted by atomic mass is 32.2. The molecule has 0 saturated heterocycles. The van der Waals surface area contributed by atoms with Gasteiger partial charge in [-0.25, -0.2) is 0 Å². The van der Waals surface area contributed by atoms with Crippen LogP contribution in [0.3, 0.4) is 0 Å². The number of fused-ring (bicyclic) bond motifs is 2. The number of nitrogens with zero attached hydrogens (tertiary/aromatic N) is 2. The molecule has 1 N–H and O–H groups in total. The maximum absolute atomic E-state index is 9.40. The minimum atomic E-state index is 0.156. The number of amidine groups is 1. The summed E-state index contributed by atoms with van der Waals surface area (Å²) in [7, 11) is 1.70. The van der Waals surface area contributed by atoms with Gasteiger partial charge in [0.1, 0.15) is 5.75 Å². The number of rotatable bonds is 4. The Morgan fingerprint density at radius 3 is 3.14 bits per heavy atom. The Kier molecular flexibility index (Phi) is 3.60. The van der Waals surface area contributed by atoms with Crippen molar-refractivity contribution in [3.05, 3.63) is 34.0 Å². The molecule has 2 aliphatic heterocycles. The average molecular weight is 332 g/mol. The Bertz CT molecular complexity index is 795. The van der Waals surface area contributed by atoms with Crippen molar-refractivity contribution in [2.24, 2.45) is 4.99 Å². The van der Waals surface area contributed by atoms with Gasteiger partial charge in [-0.3, -0.25) is 4.99 Å². The molecule has 1 aromatic carbocycles. The second-order valence-electron chi connectivity index (χ2n) is 5.17. The van der Waals surface area contributed by atoms with E-state index in [1.54, 1.807) is 30.2 Å². The molecule has 3 heterocycles. The molecule has 1 aromatic heterocycles. The van der Waals surface area contributed by atoms with Gasteiger partial charge in [-0.1, -0.05) is 11.8 Å². The van der Waals surface area contributed by atoms with Gasteiger partial charge in [0, 0.05) is 40.1 Å². The zero-order valence-corrected chi connectivity index (χ0v) is 13.8. The number of aliphatic hydroxyl groups excluding tert-OH is 1. The zero-order chi connectivity index (χ0) is 15.1. The van der Waals surface area contributed by atoms with Crippen LogP contribution in [0, 0.1) is 0 Å². The third-order valence-corrected chi connectivity index (χ3v) is 5.96. The second kappa shape index (κ2) is 5.61. The summed E-state index contributed by atoms with van der Waals surface area (Å²) in [5, 5.41) is 13.8. The molecule has 0 spiro atoms. The number of thiophene rings is 1. The van der Waals surface area contributed by atoms with Gasteiger partial charge in [-0.2, -0.15) is 0 Å². The first-order valence-corrected chi connectivity index (χ1v) is 8.91. The molecule has 2 aromatic rings. The predicted molar refractivity (Wildman–Crippen MR) is 93.6 cm³/mol. The monoisotopic (exact) mass is 332 g/mol. The van der Waals surface area contributed by atoms with Crippen LogP contribution in [0.2, 0.25) is 0 Å². The largest absolute Gasteiger partial charge is 0.497 e. The van der Waals surface area contributed by atoms with Crippen molar-refractivity contribution in [3.8, 4) is 5.75 Å². The lowest BCUT2D eigenvalue weighted by Gasteiger charge is -2.19. The Morgan fingerprint density at radius 2 is 2.32 bits per heavy atom. The van der Waals surface area contributed by atoms with Crippen LogP contribution in [0.5, 0.6) is 5.75 Å². The summed E-state index contributed by atoms with van der Waals surface area (Å²) in [4.78, 5) is 8.05. The number of aliphatic imine (C=N–C) groups is 1. The Balaban J connectivity index is 1.93. The summed E-state index contributed by atoms with van der Waals surface area (Å²) in [6.45, 7) is 1.91. The van der Waals surface area contributed by atoms with Gasteiger partial charge in [-0.05, 0) is 23.6 Å². The zero-order valence-electron chi connectivity index (χ0n) is 12.2. The molecule has 0 aliphatic carbocycles. The molecule has 22 heavy (non-hydrogen) atoms. The summed E-state index contributed by atoms with van der Waals surface area (Å²) >= 11 is 3.41. The van der Waals surface area contributed by atoms with Crippen molar-refractivity contribution in [1.29, 1.82) is 0 Å². The number of hydrogen-bond acceptors (Lipinski definition) is 6. The molecular weight excluding hydrogens is 316 g/mol. The number of benzene rings is 1. The summed E-state index contributed by atoms with van der Waals surface area (Å²) in [5.41, 5.74) is 2.37. The third kappa shape index (κ3) is 2.14. The predicted octanol–water partition coefficient (Wildman–Crippen LogP) is 3.38. The Morgan fingerprint density at radius 1 is 1.41 bits per heavy atom. The van der Waals surface area contributed by atoms with Crippen LogP contribution in [-0.4, -0.2) is 42.0 Å². The van der Waals surface area contributed by atoms with Crippen LogP contribution in [0.4, 0.5) is 0 Å². The number of ether oxygens (including phenoxy) is 1. The van der Waals surface area contributed by atoms with Crippen LogP contribution in [-0.2, 0) is 0 Å². The van der Waals surface area contributed by atoms with E-state index in [2.05, 4.69) is 33.5 Å². The Hall–Kier alpha value is -1.50. The van der Waals surface area contributed by atoms with E-state index in [-0.39, 0.29) is 6.61 Å². The normalized spacial score (nSPS) is 17.4. The van der Waals surface area contributed by atoms with Gasteiger partial charge in [0.2, 0.25) is 0 Å². The van der Waals surface area contributed by atoms with Gasteiger partial charge in [0.05, 0.1) is 19.4 Å². The minimum absolute atomic E-state index is 0.156. The van der Waals surface area contributed by atoms with E-state index in [1.165, 1.54) is 26.3 Å². The van der Waals surface area contributed by atoms with E-state index in [1.807, 2.05) is 0 Å². The van der Waals surface area contributed by atoms with Crippen LogP contribution >= 0.6 is 23.1 Å². The van der Waals surface area contributed by atoms with Crippen LogP contribution in [0.15, 0.2) is 33.5 Å². The molecule has 0 atom stereocenters. The van der Waals surface area contributed by atoms with E-state index in [9.17, 15) is 5.11 Å². The van der Waals surface area contributed by atoms with Gasteiger partial charge in [0.25, 0.3) is 0 Å². The average Bonchev–Trinajstić information content (AvgIpc) is 3.21. The number of methoxy groups -OCH3 is 1. The van der Waals surface area contributed by atoms with Crippen molar-refractivity contribution < 1.29 is 9.84 Å². The summed E-state index contributed by atoms with van der Waals surface area (Å²) in [6, 6.07) is 6.34. The second-order valence-corrected chi connectivity index (χ2v) is 7.18. The van der Waals surface area contributed by atoms with Crippen LogP contribution in [0.1, 0.15) is 12.0 Å². The standard InChI is InChI=1S/C16H16N2O2S2/c1-20-10-8-12(11-3-7-21-14(11)9-10)15-13(2-6-19)22-16-17-4-5-18(15)16/h3,7-9,19H,2,4-6H2,1H3. The maximum atomic E-state index is 9.40. The van der Waals surface area contributed by atoms with Gasteiger partial charge in [-0.15, -0.1) is 11.3 Å². The highest BCUT2D eigenvalue weighted by molar-refractivity contribution is 8.17. The SMILES string of the molecule is COc1cc(C2=C(CCO)SC3=NCCN32)c2ccsc2c1. The van der Waals surface area contributed by atoms with Crippen LogP contribution < -0.4 is 4.74 Å². The number of thioether (sulfide) groups is 1. The molecule has 2 aliphatic rings. The highest BCUT2D eigenvalue weighted by Gasteiger charge is 2.33. The molecule has 4 rings (SSSR count). The lowest BCUT2D eigenvalue weighted by Crippen LogP contribution is -2.20. The summed E-state index contributed by atoms with van der Waals surface area (Å²) in [5.74, 6) is 0.871. The molecule has 114 valence electrons. The molecule has 0 amide bonds. The number of aliphatic hydroxyl groups is 1. The molecule has 0 saturated carbocycles. The minimum Gasteiger partial charge on any atom is -0.497 e. The molecular formula is C16H16N2O2S2. The Labute approximate surface area is 137 Å². The van der Waals surface area contributed by atoms with Gasteiger partial charge in [0.15, 0.2) is 5.17 Å². The van der Waals surface area contributed by atoms with Crippen molar-refractivity contribution in [3.63, 3.8) is 0 Å². The fourth-order valence-corrected chi connectivity index (χ4v) is 4.98. The van der Waals surface area contributed by atoms with Crippen molar-refractivity contribution in [2.75, 3.05) is 26.8 Å². The number of hydrogen-bond donors (Lipinski definition) is 1. The van der Waals surface area contributed by atoms with Gasteiger partial charge < -0.3 is 14.7 Å². The summed E-state index contributed by atoms with van der Waals surface area (Å²) in [6.07, 6.45) is 0.665.